The van der Waals surface area contributed by atoms with E-state index in [0.29, 0.717) is 11.8 Å². The molecule has 0 radical (unpaired) electrons. The summed E-state index contributed by atoms with van der Waals surface area (Å²) in [5, 5.41) is 0. The van der Waals surface area contributed by atoms with Crippen molar-refractivity contribution in [2.24, 2.45) is 11.8 Å². The first-order chi connectivity index (χ1) is 8.29. The van der Waals surface area contributed by atoms with E-state index >= 15 is 0 Å². The highest BCUT2D eigenvalue weighted by Gasteiger charge is 2.35. The zero-order valence-electron chi connectivity index (χ0n) is 11.9. The highest BCUT2D eigenvalue weighted by molar-refractivity contribution is 4.85. The second kappa shape index (κ2) is 8.94. The number of halogens is 1. The standard InChI is InChI=1S/C16H31F/c1-3-5-7-9-11-14(10-8-6-4-2)16(17)15-12-13-15/h14-16H,3-13H2,1-2H3. The Morgan fingerprint density at radius 3 is 1.94 bits per heavy atom. The first-order valence-electron chi connectivity index (χ1n) is 7.93. The van der Waals surface area contributed by atoms with Gasteiger partial charge in [0.05, 0.1) is 0 Å². The van der Waals surface area contributed by atoms with Gasteiger partial charge in [-0.2, -0.15) is 0 Å². The molecule has 0 aliphatic heterocycles. The van der Waals surface area contributed by atoms with Crippen LogP contribution in [0.15, 0.2) is 0 Å². The van der Waals surface area contributed by atoms with Gasteiger partial charge in [-0.25, -0.2) is 4.39 Å². The average Bonchev–Trinajstić information content (AvgIpc) is 3.15. The smallest absolute Gasteiger partial charge is 0.106 e. The third kappa shape index (κ3) is 6.43. The predicted octanol–water partition coefficient (Wildman–Crippen LogP) is 5.90. The van der Waals surface area contributed by atoms with Crippen molar-refractivity contribution in [3.05, 3.63) is 0 Å². The molecule has 0 heterocycles. The first-order valence-corrected chi connectivity index (χ1v) is 7.93. The van der Waals surface area contributed by atoms with E-state index < -0.39 is 6.17 Å². The maximum absolute atomic E-state index is 14.2. The normalized spacial score (nSPS) is 19.2. The molecule has 0 aromatic rings. The van der Waals surface area contributed by atoms with Crippen LogP contribution >= 0.6 is 0 Å². The number of unbranched alkanes of at least 4 members (excludes halogenated alkanes) is 5. The number of hydrogen-bond acceptors (Lipinski definition) is 0. The van der Waals surface area contributed by atoms with Crippen molar-refractivity contribution in [2.75, 3.05) is 0 Å². The molecule has 102 valence electrons. The van der Waals surface area contributed by atoms with Crippen molar-refractivity contribution in [3.63, 3.8) is 0 Å². The average molecular weight is 242 g/mol. The van der Waals surface area contributed by atoms with Crippen LogP contribution in [0.5, 0.6) is 0 Å². The van der Waals surface area contributed by atoms with Crippen LogP contribution in [0.1, 0.15) is 84.5 Å². The highest BCUT2D eigenvalue weighted by atomic mass is 19.1. The molecule has 0 amide bonds. The fourth-order valence-electron chi connectivity index (χ4n) is 2.75. The third-order valence-corrected chi connectivity index (χ3v) is 4.13. The minimum absolute atomic E-state index is 0.380. The molecule has 1 rings (SSSR count). The van der Waals surface area contributed by atoms with Gasteiger partial charge in [0.1, 0.15) is 6.17 Å². The lowest BCUT2D eigenvalue weighted by molar-refractivity contribution is 0.174. The Hall–Kier alpha value is -0.0700. The monoisotopic (exact) mass is 242 g/mol. The molecular formula is C16H31F. The van der Waals surface area contributed by atoms with Crippen molar-refractivity contribution in [3.8, 4) is 0 Å². The second-order valence-corrected chi connectivity index (χ2v) is 5.89. The van der Waals surface area contributed by atoms with Crippen molar-refractivity contribution < 1.29 is 4.39 Å². The number of alkyl halides is 1. The van der Waals surface area contributed by atoms with Crippen LogP contribution in [0, 0.1) is 11.8 Å². The van der Waals surface area contributed by atoms with Crippen LogP contribution in [0.2, 0.25) is 0 Å². The third-order valence-electron chi connectivity index (χ3n) is 4.13. The van der Waals surface area contributed by atoms with E-state index in [-0.39, 0.29) is 0 Å². The van der Waals surface area contributed by atoms with Gasteiger partial charge in [0.15, 0.2) is 0 Å². The minimum Gasteiger partial charge on any atom is -0.247 e. The lowest BCUT2D eigenvalue weighted by Gasteiger charge is -2.21. The summed E-state index contributed by atoms with van der Waals surface area (Å²) in [6.45, 7) is 4.46. The van der Waals surface area contributed by atoms with Gasteiger partial charge in [0, 0.05) is 0 Å². The maximum Gasteiger partial charge on any atom is 0.106 e. The molecule has 1 aliphatic rings. The van der Waals surface area contributed by atoms with Crippen LogP contribution in [-0.2, 0) is 0 Å². The molecule has 1 aliphatic carbocycles. The molecule has 0 bridgehead atoms. The Bertz CT molecular complexity index is 174. The van der Waals surface area contributed by atoms with Gasteiger partial charge in [0.25, 0.3) is 0 Å². The molecule has 1 heteroatoms. The van der Waals surface area contributed by atoms with Gasteiger partial charge >= 0.3 is 0 Å². The van der Waals surface area contributed by atoms with Crippen LogP contribution in [-0.4, -0.2) is 6.17 Å². The summed E-state index contributed by atoms with van der Waals surface area (Å²) in [7, 11) is 0. The Labute approximate surface area is 107 Å². The molecule has 0 saturated heterocycles. The number of hydrogen-bond donors (Lipinski definition) is 0. The van der Waals surface area contributed by atoms with Crippen LogP contribution in [0.4, 0.5) is 4.39 Å². The van der Waals surface area contributed by atoms with Crippen LogP contribution in [0.25, 0.3) is 0 Å². The molecule has 0 N–H and O–H groups in total. The molecule has 0 nitrogen and oxygen atoms in total. The first kappa shape index (κ1) is 15.0. The van der Waals surface area contributed by atoms with Gasteiger partial charge in [-0.15, -0.1) is 0 Å². The summed E-state index contributed by atoms with van der Waals surface area (Å²) in [5.41, 5.74) is 0. The summed E-state index contributed by atoms with van der Waals surface area (Å²) in [6, 6.07) is 0. The van der Waals surface area contributed by atoms with E-state index in [1.807, 2.05) is 0 Å². The summed E-state index contributed by atoms with van der Waals surface area (Å²) in [5.74, 6) is 0.818. The van der Waals surface area contributed by atoms with Gasteiger partial charge in [0.2, 0.25) is 0 Å². The summed E-state index contributed by atoms with van der Waals surface area (Å²) in [6.07, 6.45) is 13.0. The molecule has 2 unspecified atom stereocenters. The van der Waals surface area contributed by atoms with Gasteiger partial charge < -0.3 is 0 Å². The van der Waals surface area contributed by atoms with E-state index in [1.165, 1.54) is 44.9 Å². The fraction of sp³-hybridized carbons (Fsp3) is 1.00. The molecule has 0 aromatic heterocycles. The van der Waals surface area contributed by atoms with Crippen molar-refractivity contribution in [1.29, 1.82) is 0 Å². The van der Waals surface area contributed by atoms with Crippen molar-refractivity contribution in [2.45, 2.75) is 90.6 Å². The Morgan fingerprint density at radius 1 is 0.882 bits per heavy atom. The zero-order chi connectivity index (χ0) is 12.5. The molecule has 0 aromatic carbocycles. The molecular weight excluding hydrogens is 211 g/mol. The Kier molecular flexibility index (Phi) is 7.88. The topological polar surface area (TPSA) is 0 Å². The predicted molar refractivity (Wildman–Crippen MR) is 74.0 cm³/mol. The van der Waals surface area contributed by atoms with Gasteiger partial charge in [-0.3, -0.25) is 0 Å². The van der Waals surface area contributed by atoms with Crippen LogP contribution in [0.3, 0.4) is 0 Å². The SMILES string of the molecule is CCCCCCC(CCCCC)C(F)C1CC1. The highest BCUT2D eigenvalue weighted by Crippen LogP contribution is 2.40. The van der Waals surface area contributed by atoms with Gasteiger partial charge in [-0.05, 0) is 37.5 Å². The summed E-state index contributed by atoms with van der Waals surface area (Å²) in [4.78, 5) is 0. The van der Waals surface area contributed by atoms with Crippen molar-refractivity contribution >= 4 is 0 Å². The number of rotatable bonds is 11. The lowest BCUT2D eigenvalue weighted by Crippen LogP contribution is -2.18. The summed E-state index contributed by atoms with van der Waals surface area (Å²) >= 11 is 0. The minimum atomic E-state index is -0.478. The van der Waals surface area contributed by atoms with E-state index in [1.54, 1.807) is 0 Å². The largest absolute Gasteiger partial charge is 0.247 e. The summed E-state index contributed by atoms with van der Waals surface area (Å²) < 4.78 is 14.2. The Morgan fingerprint density at radius 2 is 1.41 bits per heavy atom. The van der Waals surface area contributed by atoms with Crippen molar-refractivity contribution in [1.82, 2.24) is 0 Å². The lowest BCUT2D eigenvalue weighted by atomic mass is 9.88. The zero-order valence-corrected chi connectivity index (χ0v) is 11.9. The van der Waals surface area contributed by atoms with Crippen LogP contribution < -0.4 is 0 Å². The molecule has 2 atom stereocenters. The van der Waals surface area contributed by atoms with E-state index in [9.17, 15) is 4.39 Å². The maximum atomic E-state index is 14.2. The molecule has 1 saturated carbocycles. The van der Waals surface area contributed by atoms with E-state index in [2.05, 4.69) is 13.8 Å². The molecule has 0 spiro atoms. The van der Waals surface area contributed by atoms with E-state index in [0.717, 1.165) is 25.7 Å². The van der Waals surface area contributed by atoms with E-state index in [4.69, 9.17) is 0 Å². The fourth-order valence-corrected chi connectivity index (χ4v) is 2.75. The van der Waals surface area contributed by atoms with Gasteiger partial charge in [-0.1, -0.05) is 58.8 Å². The quantitative estimate of drug-likeness (QED) is 0.396. The molecule has 17 heavy (non-hydrogen) atoms. The molecule has 1 fully saturated rings. The second-order valence-electron chi connectivity index (χ2n) is 5.89. The Balaban J connectivity index is 2.19.